The summed E-state index contributed by atoms with van der Waals surface area (Å²) < 4.78 is 28.5. The van der Waals surface area contributed by atoms with E-state index in [1.165, 1.54) is 21.3 Å². The molecule has 0 spiro atoms. The van der Waals surface area contributed by atoms with E-state index in [1.807, 2.05) is 52.0 Å². The van der Waals surface area contributed by atoms with Gasteiger partial charge in [0.1, 0.15) is 11.3 Å². The standard InChI is InChI=1S/C23H27BN2O6/c1-22(2)23(3,4)32-24(31-22)14-10-8-13(9-11-14)20-25-17-15(21(27)26-20)12-16(28-5)18(29-6)19(17)30-7/h8-12H,1-7H3,(H,25,26,27). The van der Waals surface area contributed by atoms with E-state index in [1.54, 1.807) is 6.07 Å². The Kier molecular flexibility index (Phi) is 5.42. The third kappa shape index (κ3) is 3.51. The molecule has 4 rings (SSSR count). The highest BCUT2D eigenvalue weighted by Gasteiger charge is 2.51. The minimum absolute atomic E-state index is 0.306. The van der Waals surface area contributed by atoms with Crippen LogP contribution in [0.5, 0.6) is 17.2 Å². The molecule has 0 unspecified atom stereocenters. The van der Waals surface area contributed by atoms with Crippen molar-refractivity contribution in [2.45, 2.75) is 38.9 Å². The predicted octanol–water partition coefficient (Wildman–Crippen LogP) is 2.92. The lowest BCUT2D eigenvalue weighted by atomic mass is 9.79. The Bertz CT molecular complexity index is 1200. The number of nitrogens with one attached hydrogen (secondary N) is 1. The van der Waals surface area contributed by atoms with Crippen molar-refractivity contribution in [1.29, 1.82) is 0 Å². The molecular weight excluding hydrogens is 411 g/mol. The summed E-state index contributed by atoms with van der Waals surface area (Å²) in [6.07, 6.45) is 0. The lowest BCUT2D eigenvalue weighted by Crippen LogP contribution is -2.41. The van der Waals surface area contributed by atoms with Gasteiger partial charge in [-0.25, -0.2) is 4.98 Å². The van der Waals surface area contributed by atoms with Gasteiger partial charge in [0.2, 0.25) is 5.75 Å². The van der Waals surface area contributed by atoms with Crippen LogP contribution in [0.2, 0.25) is 0 Å². The molecule has 9 heteroatoms. The molecule has 0 bridgehead atoms. The Labute approximate surface area is 187 Å². The van der Waals surface area contributed by atoms with Crippen molar-refractivity contribution in [3.63, 3.8) is 0 Å². The van der Waals surface area contributed by atoms with Gasteiger partial charge in [-0.15, -0.1) is 0 Å². The molecule has 0 atom stereocenters. The minimum atomic E-state index is -0.463. The SMILES string of the molecule is COc1cc2c(=O)[nH]c(-c3ccc(B4OC(C)(C)C(C)(C)O4)cc3)nc2c(OC)c1OC. The number of methoxy groups -OCH3 is 3. The molecule has 1 aliphatic rings. The Morgan fingerprint density at radius 1 is 0.906 bits per heavy atom. The van der Waals surface area contributed by atoms with Crippen molar-refractivity contribution in [3.8, 4) is 28.6 Å². The second-order valence-electron chi connectivity index (χ2n) is 8.67. The Balaban J connectivity index is 1.75. The molecule has 32 heavy (non-hydrogen) atoms. The van der Waals surface area contributed by atoms with E-state index in [0.29, 0.717) is 34.0 Å². The van der Waals surface area contributed by atoms with Crippen LogP contribution in [0.3, 0.4) is 0 Å². The maximum absolute atomic E-state index is 12.8. The predicted molar refractivity (Wildman–Crippen MR) is 123 cm³/mol. The van der Waals surface area contributed by atoms with E-state index in [2.05, 4.69) is 9.97 Å². The van der Waals surface area contributed by atoms with Crippen LogP contribution in [-0.4, -0.2) is 49.6 Å². The van der Waals surface area contributed by atoms with Gasteiger partial charge in [-0.1, -0.05) is 24.3 Å². The van der Waals surface area contributed by atoms with Crippen molar-refractivity contribution in [2.24, 2.45) is 0 Å². The summed E-state index contributed by atoms with van der Waals surface area (Å²) in [7, 11) is 4.04. The molecule has 1 saturated heterocycles. The second-order valence-corrected chi connectivity index (χ2v) is 8.67. The van der Waals surface area contributed by atoms with Crippen LogP contribution in [0.1, 0.15) is 27.7 Å². The number of fused-ring (bicyclic) bond motifs is 1. The number of hydrogen-bond donors (Lipinski definition) is 1. The quantitative estimate of drug-likeness (QED) is 0.613. The lowest BCUT2D eigenvalue weighted by molar-refractivity contribution is 0.00578. The van der Waals surface area contributed by atoms with E-state index >= 15 is 0 Å². The molecule has 8 nitrogen and oxygen atoms in total. The Morgan fingerprint density at radius 3 is 2.03 bits per heavy atom. The van der Waals surface area contributed by atoms with Gasteiger partial charge in [0.05, 0.1) is 37.9 Å². The summed E-state index contributed by atoms with van der Waals surface area (Å²) >= 11 is 0. The topological polar surface area (TPSA) is 91.9 Å². The first kappa shape index (κ1) is 22.2. The van der Waals surface area contributed by atoms with Gasteiger partial charge in [-0.05, 0) is 39.2 Å². The highest BCUT2D eigenvalue weighted by Crippen LogP contribution is 2.42. The van der Waals surface area contributed by atoms with Gasteiger partial charge in [-0.2, -0.15) is 0 Å². The fourth-order valence-electron chi connectivity index (χ4n) is 3.65. The van der Waals surface area contributed by atoms with E-state index in [4.69, 9.17) is 23.5 Å². The molecular formula is C23H27BN2O6. The van der Waals surface area contributed by atoms with Crippen molar-refractivity contribution in [2.75, 3.05) is 21.3 Å². The summed E-state index contributed by atoms with van der Waals surface area (Å²) in [6, 6.07) is 9.16. The van der Waals surface area contributed by atoms with Crippen molar-refractivity contribution >= 4 is 23.5 Å². The monoisotopic (exact) mass is 438 g/mol. The maximum Gasteiger partial charge on any atom is 0.494 e. The largest absolute Gasteiger partial charge is 0.494 e. The van der Waals surface area contributed by atoms with E-state index < -0.39 is 18.3 Å². The fraction of sp³-hybridized carbons (Fsp3) is 0.391. The number of aromatic amines is 1. The molecule has 0 aliphatic carbocycles. The Morgan fingerprint density at radius 2 is 1.50 bits per heavy atom. The van der Waals surface area contributed by atoms with Crippen LogP contribution in [-0.2, 0) is 9.31 Å². The van der Waals surface area contributed by atoms with E-state index in [0.717, 1.165) is 11.0 Å². The van der Waals surface area contributed by atoms with Crippen molar-refractivity contribution in [3.05, 3.63) is 40.7 Å². The molecule has 3 aromatic rings. The molecule has 1 fully saturated rings. The summed E-state index contributed by atoms with van der Waals surface area (Å²) in [6.45, 7) is 8.06. The summed E-state index contributed by atoms with van der Waals surface area (Å²) in [5.41, 5.74) is 0.870. The van der Waals surface area contributed by atoms with Crippen LogP contribution in [0.4, 0.5) is 0 Å². The zero-order valence-corrected chi connectivity index (χ0v) is 19.4. The normalized spacial score (nSPS) is 16.9. The van der Waals surface area contributed by atoms with E-state index in [9.17, 15) is 4.79 Å². The summed E-state index contributed by atoms with van der Waals surface area (Å²) in [5, 5.41) is 0.345. The number of benzene rings is 2. The highest BCUT2D eigenvalue weighted by molar-refractivity contribution is 6.62. The van der Waals surface area contributed by atoms with Crippen LogP contribution < -0.4 is 25.2 Å². The van der Waals surface area contributed by atoms with Crippen LogP contribution >= 0.6 is 0 Å². The molecule has 1 aromatic heterocycles. The van der Waals surface area contributed by atoms with Gasteiger partial charge in [0.15, 0.2) is 11.5 Å². The average Bonchev–Trinajstić information content (AvgIpc) is 2.99. The number of H-pyrrole nitrogens is 1. The minimum Gasteiger partial charge on any atom is -0.493 e. The molecule has 0 radical (unpaired) electrons. The van der Waals surface area contributed by atoms with Gasteiger partial charge in [0, 0.05) is 5.56 Å². The first-order chi connectivity index (χ1) is 15.1. The summed E-state index contributed by atoms with van der Waals surface area (Å²) in [4.78, 5) is 20.3. The molecule has 1 N–H and O–H groups in total. The molecule has 0 saturated carbocycles. The molecule has 0 amide bonds. The van der Waals surface area contributed by atoms with Crippen molar-refractivity contribution < 1.29 is 23.5 Å². The third-order valence-electron chi connectivity index (χ3n) is 6.21. The third-order valence-corrected chi connectivity index (χ3v) is 6.21. The zero-order valence-electron chi connectivity index (χ0n) is 19.4. The first-order valence-corrected chi connectivity index (χ1v) is 10.3. The fourth-order valence-corrected chi connectivity index (χ4v) is 3.65. The first-order valence-electron chi connectivity index (χ1n) is 10.3. The zero-order chi connectivity index (χ0) is 23.3. The molecule has 168 valence electrons. The average molecular weight is 438 g/mol. The molecule has 1 aliphatic heterocycles. The number of aromatic nitrogens is 2. The number of ether oxygens (including phenoxy) is 3. The van der Waals surface area contributed by atoms with Gasteiger partial charge < -0.3 is 28.5 Å². The highest BCUT2D eigenvalue weighted by atomic mass is 16.7. The van der Waals surface area contributed by atoms with Gasteiger partial charge in [-0.3, -0.25) is 4.79 Å². The summed E-state index contributed by atoms with van der Waals surface area (Å²) in [5.74, 6) is 1.52. The molecule has 2 heterocycles. The van der Waals surface area contributed by atoms with E-state index in [-0.39, 0.29) is 5.56 Å². The lowest BCUT2D eigenvalue weighted by Gasteiger charge is -2.32. The maximum atomic E-state index is 12.8. The molecule has 2 aromatic carbocycles. The van der Waals surface area contributed by atoms with Gasteiger partial charge in [0.25, 0.3) is 5.56 Å². The van der Waals surface area contributed by atoms with Crippen LogP contribution in [0.15, 0.2) is 35.1 Å². The van der Waals surface area contributed by atoms with Crippen LogP contribution in [0, 0.1) is 0 Å². The second kappa shape index (κ2) is 7.83. The number of hydrogen-bond acceptors (Lipinski definition) is 7. The Hall–Kier alpha value is -3.04. The van der Waals surface area contributed by atoms with Crippen LogP contribution in [0.25, 0.3) is 22.3 Å². The smallest absolute Gasteiger partial charge is 0.493 e. The van der Waals surface area contributed by atoms with Gasteiger partial charge >= 0.3 is 7.12 Å². The number of rotatable bonds is 5. The van der Waals surface area contributed by atoms with Crippen molar-refractivity contribution in [1.82, 2.24) is 9.97 Å². The number of nitrogens with zero attached hydrogens (tertiary/aromatic N) is 1.